The number of hydroxylamine groups is 2. The van der Waals surface area contributed by atoms with Crippen LogP contribution in [0, 0.1) is 5.41 Å². The van der Waals surface area contributed by atoms with Crippen LogP contribution in [0.1, 0.15) is 123 Å². The number of carbonyl (C=O) groups is 5. The lowest BCUT2D eigenvalue weighted by atomic mass is 9.70. The van der Waals surface area contributed by atoms with Gasteiger partial charge in [0, 0.05) is 79.8 Å². The zero-order chi connectivity index (χ0) is 53.0. The van der Waals surface area contributed by atoms with Crippen LogP contribution >= 0.6 is 0 Å². The monoisotopic (exact) mass is 1020 g/mol. The Morgan fingerprint density at radius 3 is 2.05 bits per heavy atom. The number of carbonyl (C=O) groups excluding carboxylic acids is 5. The molecule has 15 heteroatoms. The molecule has 0 saturated carbocycles. The van der Waals surface area contributed by atoms with Gasteiger partial charge in [0.25, 0.3) is 21.9 Å². The number of unbranched alkanes of at least 4 members (excludes halogenated alkanes) is 3. The maximum Gasteiger partial charge on any atom is 0.333 e. The topological polar surface area (TPSA) is 182 Å². The summed E-state index contributed by atoms with van der Waals surface area (Å²) in [7, 11) is -4.45. The fraction of sp³-hybridized carbons (Fsp3) is 0.424. The van der Waals surface area contributed by atoms with E-state index in [9.17, 15) is 36.9 Å². The summed E-state index contributed by atoms with van der Waals surface area (Å²) in [6, 6.07) is 25.6. The molecule has 1 aliphatic carbocycles. The van der Waals surface area contributed by atoms with Gasteiger partial charge in [-0.1, -0.05) is 113 Å². The molecule has 3 aliphatic heterocycles. The predicted molar refractivity (Wildman–Crippen MR) is 289 cm³/mol. The Hall–Kier alpha value is -6.71. The van der Waals surface area contributed by atoms with Crippen LogP contribution in [0.4, 0.5) is 11.4 Å². The average Bonchev–Trinajstić information content (AvgIpc) is 3.89. The Balaban J connectivity index is 1.16. The van der Waals surface area contributed by atoms with Gasteiger partial charge in [0.05, 0.1) is 11.2 Å². The van der Waals surface area contributed by atoms with Gasteiger partial charge in [0.1, 0.15) is 12.0 Å². The summed E-state index contributed by atoms with van der Waals surface area (Å²) in [5.74, 6) is -3.76. The summed E-state index contributed by atoms with van der Waals surface area (Å²) in [4.78, 5) is 73.6. The van der Waals surface area contributed by atoms with Crippen molar-refractivity contribution in [2.24, 2.45) is 5.41 Å². The molecule has 74 heavy (non-hydrogen) atoms. The fourth-order valence-electron chi connectivity index (χ4n) is 11.4. The first-order chi connectivity index (χ1) is 35.3. The molecule has 0 radical (unpaired) electrons. The number of rotatable bonds is 20. The van der Waals surface area contributed by atoms with Crippen LogP contribution < -0.4 is 15.5 Å². The predicted octanol–water partition coefficient (Wildman–Crippen LogP) is 9.74. The lowest BCUT2D eigenvalue weighted by Crippen LogP contribution is -2.53. The minimum atomic E-state index is -4.45. The maximum absolute atomic E-state index is 15.0. The van der Waals surface area contributed by atoms with Crippen LogP contribution in [0.5, 0.6) is 0 Å². The number of anilines is 1. The molecule has 14 nitrogen and oxygen atoms in total. The third-order valence-electron chi connectivity index (χ3n) is 15.0. The van der Waals surface area contributed by atoms with Crippen molar-refractivity contribution in [2.45, 2.75) is 123 Å². The molecule has 8 rings (SSSR count). The Bertz CT molecular complexity index is 3170. The standard InChI is InChI=1S/C59H69N5O9S/c1-7-9-35-63-47-27-25-43-18-13-15-20-45(43)54(47)58(5,6)49(63)29-23-41-37-40(22-28-48-57(3,4)53-44-19-14-12-17-42(44)24-26-46(53)62(48)34-8-2)38-59(39-41,56(69)61-33-36-74(70,71)72)55(68)60-32-16-10-11-21-52(67)73-64-50(65)30-31-51(64)66/h12-15,17-20,22-29,37H,7-11,16,21,30-36,38-39H2,1-6H3,(H2-,60,61,68,69,70,71,72)/p+1. The van der Waals surface area contributed by atoms with Crippen molar-refractivity contribution in [1.29, 1.82) is 0 Å². The van der Waals surface area contributed by atoms with Crippen LogP contribution in [0.25, 0.3) is 21.5 Å². The zero-order valence-electron chi connectivity index (χ0n) is 43.6. The number of hydrogen-bond acceptors (Lipinski definition) is 9. The van der Waals surface area contributed by atoms with E-state index in [0.29, 0.717) is 24.3 Å². The van der Waals surface area contributed by atoms with Crippen molar-refractivity contribution < 1.29 is 46.4 Å². The van der Waals surface area contributed by atoms with E-state index >= 15 is 0 Å². The van der Waals surface area contributed by atoms with Crippen molar-refractivity contribution >= 4 is 78.3 Å². The lowest BCUT2D eigenvalue weighted by Gasteiger charge is -2.35. The van der Waals surface area contributed by atoms with Gasteiger partial charge < -0.3 is 20.4 Å². The number of benzene rings is 4. The van der Waals surface area contributed by atoms with E-state index in [1.165, 1.54) is 21.9 Å². The molecule has 1 atom stereocenters. The molecule has 1 saturated heterocycles. The summed E-state index contributed by atoms with van der Waals surface area (Å²) in [6.45, 7) is 14.6. The SMILES string of the molecule is CCCCN1C(=CC=C2C=C(C=CC3=[N+](CCC)c4ccc5ccccc5c4C3(C)C)CC(C(=O)NCCCCCC(=O)ON3C(=O)CCC3=O)(C(=O)NCCS(=O)(=O)O)C2)C(C)(C)c2c1ccc1ccccc21. The number of fused-ring (bicyclic) bond motifs is 6. The second-order valence-electron chi connectivity index (χ2n) is 21.1. The molecule has 1 fully saturated rings. The number of allylic oxidation sites excluding steroid dienone is 8. The molecule has 4 amide bonds. The van der Waals surface area contributed by atoms with Gasteiger partial charge >= 0.3 is 5.97 Å². The van der Waals surface area contributed by atoms with Gasteiger partial charge in [-0.25, -0.2) is 4.79 Å². The summed E-state index contributed by atoms with van der Waals surface area (Å²) in [5.41, 5.74) is 5.77. The molecule has 4 aromatic rings. The van der Waals surface area contributed by atoms with E-state index in [-0.39, 0.29) is 38.6 Å². The van der Waals surface area contributed by atoms with E-state index in [1.807, 2.05) is 18.2 Å². The fourth-order valence-corrected chi connectivity index (χ4v) is 11.8. The van der Waals surface area contributed by atoms with Gasteiger partial charge in [-0.15, -0.1) is 5.06 Å². The highest BCUT2D eigenvalue weighted by Crippen LogP contribution is 2.51. The normalized spacial score (nSPS) is 20.3. The Labute approximate surface area is 435 Å². The molecule has 3 N–H and O–H groups in total. The van der Waals surface area contributed by atoms with Crippen LogP contribution in [-0.2, 0) is 49.8 Å². The molecule has 1 unspecified atom stereocenters. The molecule has 4 aliphatic rings. The highest BCUT2D eigenvalue weighted by molar-refractivity contribution is 7.85. The van der Waals surface area contributed by atoms with Crippen LogP contribution in [0.15, 0.2) is 120 Å². The van der Waals surface area contributed by atoms with Crippen LogP contribution in [0.2, 0.25) is 0 Å². The molecular weight excluding hydrogens is 955 g/mol. The minimum absolute atomic E-state index is 0.00163. The summed E-state index contributed by atoms with van der Waals surface area (Å²) in [5, 5.41) is 10.9. The van der Waals surface area contributed by atoms with Crippen LogP contribution in [0.3, 0.4) is 0 Å². The summed E-state index contributed by atoms with van der Waals surface area (Å²) < 4.78 is 35.9. The average molecular weight is 1030 g/mol. The lowest BCUT2D eigenvalue weighted by molar-refractivity contribution is -0.437. The van der Waals surface area contributed by atoms with Crippen molar-refractivity contribution in [1.82, 2.24) is 15.7 Å². The number of nitrogens with zero attached hydrogens (tertiary/aromatic N) is 3. The second-order valence-corrected chi connectivity index (χ2v) is 22.7. The van der Waals surface area contributed by atoms with Crippen molar-refractivity contribution in [3.63, 3.8) is 0 Å². The molecule has 3 heterocycles. The van der Waals surface area contributed by atoms with Gasteiger partial charge in [0.15, 0.2) is 5.71 Å². The van der Waals surface area contributed by atoms with Gasteiger partial charge in [-0.05, 0) is 102 Å². The van der Waals surface area contributed by atoms with E-state index in [1.54, 1.807) is 0 Å². The minimum Gasteiger partial charge on any atom is -0.355 e. The first-order valence-corrected chi connectivity index (χ1v) is 27.8. The van der Waals surface area contributed by atoms with Crippen molar-refractivity contribution in [3.05, 3.63) is 131 Å². The van der Waals surface area contributed by atoms with Crippen molar-refractivity contribution in [3.8, 4) is 0 Å². The summed E-state index contributed by atoms with van der Waals surface area (Å²) >= 11 is 0. The van der Waals surface area contributed by atoms with Crippen molar-refractivity contribution in [2.75, 3.05) is 36.8 Å². The second kappa shape index (κ2) is 22.0. The maximum atomic E-state index is 15.0. The third kappa shape index (κ3) is 10.9. The first kappa shape index (κ1) is 53.6. The Morgan fingerprint density at radius 1 is 0.743 bits per heavy atom. The third-order valence-corrected chi connectivity index (χ3v) is 15.8. The largest absolute Gasteiger partial charge is 0.355 e. The smallest absolute Gasteiger partial charge is 0.333 e. The van der Waals surface area contributed by atoms with E-state index < -0.39 is 68.3 Å². The van der Waals surface area contributed by atoms with Gasteiger partial charge in [-0.3, -0.25) is 23.7 Å². The quantitative estimate of drug-likeness (QED) is 0.0253. The number of amides is 4. The number of imide groups is 1. The molecule has 4 aromatic carbocycles. The molecule has 0 bridgehead atoms. The Morgan fingerprint density at radius 2 is 1.39 bits per heavy atom. The highest BCUT2D eigenvalue weighted by atomic mass is 32.2. The van der Waals surface area contributed by atoms with Crippen LogP contribution in [-0.4, -0.2) is 89.9 Å². The zero-order valence-corrected chi connectivity index (χ0v) is 44.4. The molecule has 390 valence electrons. The number of hydrogen-bond donors (Lipinski definition) is 3. The molecule has 0 aromatic heterocycles. The van der Waals surface area contributed by atoms with Gasteiger partial charge in [0.2, 0.25) is 17.5 Å². The van der Waals surface area contributed by atoms with Gasteiger partial charge in [-0.2, -0.15) is 13.0 Å². The number of nitrogens with one attached hydrogen (secondary N) is 2. The molecular formula is C59H70N5O9S+. The van der Waals surface area contributed by atoms with E-state index in [0.717, 1.165) is 77.1 Å². The highest BCUT2D eigenvalue weighted by Gasteiger charge is 2.49. The van der Waals surface area contributed by atoms with E-state index in [4.69, 9.17) is 4.84 Å². The van der Waals surface area contributed by atoms with E-state index in [2.05, 4.69) is 147 Å². The first-order valence-electron chi connectivity index (χ1n) is 26.2. The molecule has 0 spiro atoms. The Kier molecular flexibility index (Phi) is 15.9. The summed E-state index contributed by atoms with van der Waals surface area (Å²) in [6.07, 6.45) is 14.4.